The first-order valence-electron chi connectivity index (χ1n) is 11.9. The number of nitrogens with one attached hydrogen (secondary N) is 2. The largest absolute Gasteiger partial charge is 0.391 e. The molecule has 34 heavy (non-hydrogen) atoms. The van der Waals surface area contributed by atoms with Gasteiger partial charge in [0.15, 0.2) is 11.3 Å². The Balaban J connectivity index is 1.47. The zero-order valence-corrected chi connectivity index (χ0v) is 18.9. The van der Waals surface area contributed by atoms with Crippen molar-refractivity contribution in [1.29, 1.82) is 5.26 Å². The highest BCUT2D eigenvalue weighted by Crippen LogP contribution is 2.28. The van der Waals surface area contributed by atoms with Crippen molar-refractivity contribution in [2.45, 2.75) is 63.5 Å². The molecule has 3 aromatic heterocycles. The van der Waals surface area contributed by atoms with Crippen molar-refractivity contribution >= 4 is 34.7 Å². The lowest BCUT2D eigenvalue weighted by Crippen LogP contribution is -2.36. The van der Waals surface area contributed by atoms with Crippen LogP contribution in [-0.2, 0) is 4.79 Å². The van der Waals surface area contributed by atoms with Crippen molar-refractivity contribution in [3.05, 3.63) is 36.2 Å². The molecule has 1 saturated heterocycles. The normalized spacial score (nSPS) is 21.2. The number of pyridine rings is 1. The third kappa shape index (κ3) is 4.52. The number of carbonyl (C=O) groups is 1. The van der Waals surface area contributed by atoms with Gasteiger partial charge in [-0.2, -0.15) is 9.78 Å². The summed E-state index contributed by atoms with van der Waals surface area (Å²) >= 11 is 0. The number of imidazole rings is 1. The van der Waals surface area contributed by atoms with Crippen LogP contribution in [0.4, 0.5) is 23.1 Å². The summed E-state index contributed by atoms with van der Waals surface area (Å²) in [7, 11) is 0. The minimum absolute atomic E-state index is 0.0953. The number of hydrogen-bond acceptors (Lipinski definition) is 8. The van der Waals surface area contributed by atoms with Crippen molar-refractivity contribution in [3.8, 4) is 6.07 Å². The SMILES string of the molecule is N#Cc1cnc2c(Nc3cccc(N4CCCCCC4=O)n3)cc(N[C@@H]3CCCC[C@H]3O)nn12. The first-order chi connectivity index (χ1) is 16.6. The zero-order chi connectivity index (χ0) is 23.5. The average Bonchev–Trinajstić information content (AvgIpc) is 3.14. The molecule has 0 radical (unpaired) electrons. The first kappa shape index (κ1) is 22.1. The number of aromatic nitrogens is 4. The van der Waals surface area contributed by atoms with E-state index >= 15 is 0 Å². The number of fused-ring (bicyclic) bond motifs is 1. The fourth-order valence-electron chi connectivity index (χ4n) is 4.68. The van der Waals surface area contributed by atoms with Crippen molar-refractivity contribution in [2.75, 3.05) is 22.1 Å². The molecule has 2 aliphatic rings. The van der Waals surface area contributed by atoms with Gasteiger partial charge in [0.2, 0.25) is 5.91 Å². The lowest BCUT2D eigenvalue weighted by Gasteiger charge is -2.28. The fourth-order valence-corrected chi connectivity index (χ4v) is 4.68. The Labute approximate surface area is 197 Å². The van der Waals surface area contributed by atoms with Gasteiger partial charge in [0.1, 0.15) is 23.5 Å². The van der Waals surface area contributed by atoms with Crippen LogP contribution in [0.25, 0.3) is 5.65 Å². The molecule has 3 N–H and O–H groups in total. The van der Waals surface area contributed by atoms with Crippen molar-refractivity contribution in [3.63, 3.8) is 0 Å². The standard InChI is InChI=1S/C24H28N8O2/c25-14-16-15-26-24-18(13-21(30-32(16)24)27-17-7-3-4-8-19(17)33)28-20-9-6-10-22(29-20)31-12-5-1-2-11-23(31)34/h6,9-10,13,15,17,19,33H,1-5,7-8,11-12H2,(H,27,30)(H,28,29)/t17-,19-/m1/s1. The number of nitriles is 1. The number of carbonyl (C=O) groups excluding carboxylic acids is 1. The second kappa shape index (κ2) is 9.65. The number of rotatable bonds is 5. The fraction of sp³-hybridized carbons (Fsp3) is 0.458. The van der Waals surface area contributed by atoms with Gasteiger partial charge in [-0.3, -0.25) is 9.69 Å². The molecule has 5 rings (SSSR count). The number of hydrogen-bond donors (Lipinski definition) is 3. The second-order valence-corrected chi connectivity index (χ2v) is 8.90. The van der Waals surface area contributed by atoms with Crippen LogP contribution in [0.3, 0.4) is 0 Å². The van der Waals surface area contributed by atoms with E-state index in [1.54, 1.807) is 4.90 Å². The molecule has 2 atom stereocenters. The predicted molar refractivity (Wildman–Crippen MR) is 128 cm³/mol. The van der Waals surface area contributed by atoms with Gasteiger partial charge >= 0.3 is 0 Å². The van der Waals surface area contributed by atoms with Gasteiger partial charge in [-0.15, -0.1) is 5.10 Å². The third-order valence-corrected chi connectivity index (χ3v) is 6.49. The van der Waals surface area contributed by atoms with E-state index in [0.717, 1.165) is 44.9 Å². The Morgan fingerprint density at radius 3 is 2.85 bits per heavy atom. The van der Waals surface area contributed by atoms with Crippen LogP contribution in [0.15, 0.2) is 30.5 Å². The summed E-state index contributed by atoms with van der Waals surface area (Å²) < 4.78 is 1.49. The lowest BCUT2D eigenvalue weighted by atomic mass is 9.92. The van der Waals surface area contributed by atoms with E-state index in [0.29, 0.717) is 47.4 Å². The molecule has 4 heterocycles. The summed E-state index contributed by atoms with van der Waals surface area (Å²) in [6, 6.07) is 9.37. The van der Waals surface area contributed by atoms with Gasteiger partial charge in [0.05, 0.1) is 24.0 Å². The third-order valence-electron chi connectivity index (χ3n) is 6.49. The molecule has 3 aromatic rings. The Kier molecular flexibility index (Phi) is 6.27. The molecular formula is C24H28N8O2. The summed E-state index contributed by atoms with van der Waals surface area (Å²) in [5.41, 5.74) is 1.42. The van der Waals surface area contributed by atoms with E-state index in [1.165, 1.54) is 10.7 Å². The predicted octanol–water partition coefficient (Wildman–Crippen LogP) is 3.36. The highest BCUT2D eigenvalue weighted by atomic mass is 16.3. The maximum atomic E-state index is 12.5. The maximum absolute atomic E-state index is 12.5. The first-order valence-corrected chi connectivity index (χ1v) is 11.9. The molecule has 0 unspecified atom stereocenters. The number of aliphatic hydroxyl groups excluding tert-OH is 1. The summed E-state index contributed by atoms with van der Waals surface area (Å²) in [5, 5.41) is 31.1. The van der Waals surface area contributed by atoms with Crippen LogP contribution in [0.2, 0.25) is 0 Å². The molecule has 10 nitrogen and oxygen atoms in total. The topological polar surface area (TPSA) is 131 Å². The van der Waals surface area contributed by atoms with Gasteiger partial charge in [0, 0.05) is 19.0 Å². The molecule has 0 aromatic carbocycles. The molecule has 1 aliphatic carbocycles. The summed E-state index contributed by atoms with van der Waals surface area (Å²) in [5.74, 6) is 1.81. The molecule has 176 valence electrons. The van der Waals surface area contributed by atoms with E-state index in [1.807, 2.05) is 24.3 Å². The van der Waals surface area contributed by atoms with E-state index < -0.39 is 6.10 Å². The molecule has 10 heteroatoms. The Bertz CT molecular complexity index is 1230. The van der Waals surface area contributed by atoms with Gasteiger partial charge in [0.25, 0.3) is 0 Å². The number of aliphatic hydroxyl groups is 1. The highest BCUT2D eigenvalue weighted by molar-refractivity contribution is 5.92. The molecular weight excluding hydrogens is 432 g/mol. The molecule has 0 bridgehead atoms. The molecule has 1 aliphatic heterocycles. The quantitative estimate of drug-likeness (QED) is 0.528. The summed E-state index contributed by atoms with van der Waals surface area (Å²) in [4.78, 5) is 23.3. The molecule has 1 saturated carbocycles. The van der Waals surface area contributed by atoms with Crippen LogP contribution in [0, 0.1) is 11.3 Å². The van der Waals surface area contributed by atoms with E-state index in [9.17, 15) is 15.2 Å². The Morgan fingerprint density at radius 1 is 1.12 bits per heavy atom. The number of nitrogens with zero attached hydrogens (tertiary/aromatic N) is 6. The summed E-state index contributed by atoms with van der Waals surface area (Å²) in [6.45, 7) is 0.665. The molecule has 2 fully saturated rings. The van der Waals surface area contributed by atoms with Crippen LogP contribution >= 0.6 is 0 Å². The van der Waals surface area contributed by atoms with E-state index in [-0.39, 0.29) is 11.9 Å². The maximum Gasteiger partial charge on any atom is 0.228 e. The van der Waals surface area contributed by atoms with E-state index in [4.69, 9.17) is 0 Å². The summed E-state index contributed by atoms with van der Waals surface area (Å²) in [6.07, 6.45) is 8.16. The number of amides is 1. The smallest absolute Gasteiger partial charge is 0.228 e. The van der Waals surface area contributed by atoms with Gasteiger partial charge < -0.3 is 15.7 Å². The van der Waals surface area contributed by atoms with Gasteiger partial charge in [-0.1, -0.05) is 25.3 Å². The van der Waals surface area contributed by atoms with Crippen LogP contribution < -0.4 is 15.5 Å². The van der Waals surface area contributed by atoms with Crippen molar-refractivity contribution in [2.24, 2.45) is 0 Å². The Morgan fingerprint density at radius 2 is 2.00 bits per heavy atom. The van der Waals surface area contributed by atoms with Crippen molar-refractivity contribution in [1.82, 2.24) is 19.6 Å². The molecule has 1 amide bonds. The van der Waals surface area contributed by atoms with Gasteiger partial charge in [-0.25, -0.2) is 9.97 Å². The number of anilines is 4. The van der Waals surface area contributed by atoms with E-state index in [2.05, 4.69) is 31.8 Å². The van der Waals surface area contributed by atoms with Gasteiger partial charge in [-0.05, 0) is 37.8 Å². The van der Waals surface area contributed by atoms with Crippen molar-refractivity contribution < 1.29 is 9.90 Å². The Hall–Kier alpha value is -3.71. The minimum Gasteiger partial charge on any atom is -0.391 e. The zero-order valence-electron chi connectivity index (χ0n) is 18.9. The minimum atomic E-state index is -0.439. The molecule has 0 spiro atoms. The van der Waals surface area contributed by atoms with Crippen LogP contribution in [0.5, 0.6) is 0 Å². The second-order valence-electron chi connectivity index (χ2n) is 8.90. The van der Waals surface area contributed by atoms with Crippen LogP contribution in [0.1, 0.15) is 57.1 Å². The monoisotopic (exact) mass is 460 g/mol. The highest BCUT2D eigenvalue weighted by Gasteiger charge is 2.24. The lowest BCUT2D eigenvalue weighted by molar-refractivity contribution is -0.118. The van der Waals surface area contributed by atoms with Crippen LogP contribution in [-0.4, -0.2) is 49.3 Å². The average molecular weight is 461 g/mol.